The molecule has 2 amide bonds. The summed E-state index contributed by atoms with van der Waals surface area (Å²) in [6.07, 6.45) is -6.09. The molecule has 1 aromatic carbocycles. The number of anilines is 1. The molecule has 3 N–H and O–H groups in total. The summed E-state index contributed by atoms with van der Waals surface area (Å²) < 4.78 is 78.2. The van der Waals surface area contributed by atoms with Crippen LogP contribution < -0.4 is 16.0 Å². The number of benzene rings is 1. The highest BCUT2D eigenvalue weighted by molar-refractivity contribution is 5.95. The second kappa shape index (κ2) is 11.1. The van der Waals surface area contributed by atoms with E-state index >= 15 is 0 Å². The maximum absolute atomic E-state index is 13.0. The molecular weight excluding hydrogens is 478 g/mol. The van der Waals surface area contributed by atoms with Crippen LogP contribution in [0.1, 0.15) is 47.2 Å². The van der Waals surface area contributed by atoms with Crippen molar-refractivity contribution in [2.75, 3.05) is 18.4 Å². The van der Waals surface area contributed by atoms with Crippen molar-refractivity contribution in [1.29, 1.82) is 0 Å². The maximum atomic E-state index is 13.0. The number of alkyl halides is 6. The lowest BCUT2D eigenvalue weighted by Crippen LogP contribution is -2.40. The molecule has 12 heteroatoms. The van der Waals surface area contributed by atoms with E-state index in [2.05, 4.69) is 20.9 Å². The average molecular weight is 502 g/mol. The summed E-state index contributed by atoms with van der Waals surface area (Å²) in [5.74, 6) is -0.562. The van der Waals surface area contributed by atoms with Gasteiger partial charge in [-0.2, -0.15) is 26.3 Å². The van der Waals surface area contributed by atoms with Gasteiger partial charge in [-0.1, -0.05) is 6.07 Å². The summed E-state index contributed by atoms with van der Waals surface area (Å²) in [5, 5.41) is 8.26. The Balaban J connectivity index is 1.47. The van der Waals surface area contributed by atoms with Gasteiger partial charge in [0.25, 0.3) is 5.91 Å². The number of carbonyl (C=O) groups is 2. The minimum absolute atomic E-state index is 0.00832. The number of amides is 2. The Kier molecular flexibility index (Phi) is 8.36. The number of aromatic nitrogens is 1. The first kappa shape index (κ1) is 26.5. The van der Waals surface area contributed by atoms with Crippen LogP contribution in [0.4, 0.5) is 32.2 Å². The first-order chi connectivity index (χ1) is 16.4. The third-order valence-electron chi connectivity index (χ3n) is 5.68. The van der Waals surface area contributed by atoms with Gasteiger partial charge in [0.2, 0.25) is 5.91 Å². The molecule has 35 heavy (non-hydrogen) atoms. The standard InChI is InChI=1S/C23H24F6N4O2/c24-22(25,26)16-9-15(10-17(11-16)23(27,28)29)21(35)32-18-6-4-14(5-7-18)12-30-13-20(34)33-19-3-1-2-8-31-19/h1-3,8-11,14,18,30H,4-7,12-13H2,(H,32,35)(H,31,33,34)/t14-,18-. The first-order valence-corrected chi connectivity index (χ1v) is 10.9. The van der Waals surface area contributed by atoms with Crippen molar-refractivity contribution in [2.45, 2.75) is 44.1 Å². The van der Waals surface area contributed by atoms with Gasteiger partial charge in [-0.3, -0.25) is 9.59 Å². The van der Waals surface area contributed by atoms with Crippen LogP contribution in [-0.2, 0) is 17.1 Å². The summed E-state index contributed by atoms with van der Waals surface area (Å²) in [7, 11) is 0. The molecule has 1 aliphatic carbocycles. The zero-order valence-electron chi connectivity index (χ0n) is 18.5. The topological polar surface area (TPSA) is 83.1 Å². The van der Waals surface area contributed by atoms with Crippen molar-refractivity contribution >= 4 is 17.6 Å². The molecule has 0 spiro atoms. The van der Waals surface area contributed by atoms with Crippen LogP contribution in [0.2, 0.25) is 0 Å². The summed E-state index contributed by atoms with van der Waals surface area (Å²) in [6, 6.07) is 5.62. The zero-order chi connectivity index (χ0) is 25.6. The van der Waals surface area contributed by atoms with Crippen LogP contribution in [0.5, 0.6) is 0 Å². The molecule has 0 unspecified atom stereocenters. The molecule has 1 saturated carbocycles. The van der Waals surface area contributed by atoms with Crippen molar-refractivity contribution in [3.63, 3.8) is 0 Å². The van der Waals surface area contributed by atoms with Gasteiger partial charge in [0.05, 0.1) is 17.7 Å². The Morgan fingerprint density at radius 3 is 2.09 bits per heavy atom. The molecule has 0 atom stereocenters. The van der Waals surface area contributed by atoms with Gasteiger partial charge in [-0.05, 0) is 68.5 Å². The lowest BCUT2D eigenvalue weighted by atomic mass is 9.86. The van der Waals surface area contributed by atoms with Crippen LogP contribution in [0.15, 0.2) is 42.6 Å². The van der Waals surface area contributed by atoms with E-state index < -0.39 is 35.0 Å². The quantitative estimate of drug-likeness (QED) is 0.482. The van der Waals surface area contributed by atoms with Crippen molar-refractivity contribution < 1.29 is 35.9 Å². The third-order valence-corrected chi connectivity index (χ3v) is 5.68. The first-order valence-electron chi connectivity index (χ1n) is 10.9. The number of hydrogen-bond donors (Lipinski definition) is 3. The van der Waals surface area contributed by atoms with E-state index in [1.807, 2.05) is 0 Å². The van der Waals surface area contributed by atoms with E-state index in [1.165, 1.54) is 0 Å². The molecule has 0 radical (unpaired) electrons. The van der Waals surface area contributed by atoms with Crippen LogP contribution in [0.3, 0.4) is 0 Å². The van der Waals surface area contributed by atoms with Crippen molar-refractivity contribution in [3.05, 3.63) is 59.3 Å². The molecule has 190 valence electrons. The average Bonchev–Trinajstić information content (AvgIpc) is 2.79. The van der Waals surface area contributed by atoms with Crippen LogP contribution in [-0.4, -0.2) is 35.9 Å². The van der Waals surface area contributed by atoms with Crippen LogP contribution >= 0.6 is 0 Å². The number of nitrogens with one attached hydrogen (secondary N) is 3. The summed E-state index contributed by atoms with van der Waals surface area (Å²) in [5.41, 5.74) is -3.74. The lowest BCUT2D eigenvalue weighted by Gasteiger charge is -2.29. The van der Waals surface area contributed by atoms with E-state index in [-0.39, 0.29) is 30.5 Å². The summed E-state index contributed by atoms with van der Waals surface area (Å²) >= 11 is 0. The van der Waals surface area contributed by atoms with E-state index in [4.69, 9.17) is 0 Å². The molecule has 0 bridgehead atoms. The molecule has 1 heterocycles. The molecule has 1 aliphatic rings. The third kappa shape index (κ3) is 7.94. The monoisotopic (exact) mass is 502 g/mol. The minimum Gasteiger partial charge on any atom is -0.349 e. The molecule has 3 rings (SSSR count). The highest BCUT2D eigenvalue weighted by atomic mass is 19.4. The highest BCUT2D eigenvalue weighted by Gasteiger charge is 2.37. The van der Waals surface area contributed by atoms with E-state index in [0.717, 1.165) is 0 Å². The van der Waals surface area contributed by atoms with Gasteiger partial charge >= 0.3 is 12.4 Å². The Morgan fingerprint density at radius 1 is 0.914 bits per heavy atom. The lowest BCUT2D eigenvalue weighted by molar-refractivity contribution is -0.143. The normalized spacial score (nSPS) is 18.7. The molecule has 6 nitrogen and oxygen atoms in total. The summed E-state index contributed by atoms with van der Waals surface area (Å²) in [4.78, 5) is 28.4. The molecular formula is C23H24F6N4O2. The maximum Gasteiger partial charge on any atom is 0.416 e. The number of carbonyl (C=O) groups excluding carboxylic acids is 2. The number of nitrogens with zero attached hydrogens (tertiary/aromatic N) is 1. The van der Waals surface area contributed by atoms with Crippen molar-refractivity contribution in [3.8, 4) is 0 Å². The SMILES string of the molecule is O=C(CNC[C@H]1CC[C@H](NC(=O)c2cc(C(F)(F)F)cc(C(F)(F)F)c2)CC1)Nc1ccccn1. The largest absolute Gasteiger partial charge is 0.416 e. The van der Waals surface area contributed by atoms with E-state index in [1.54, 1.807) is 24.4 Å². The second-order valence-corrected chi connectivity index (χ2v) is 8.38. The van der Waals surface area contributed by atoms with Crippen LogP contribution in [0.25, 0.3) is 0 Å². The van der Waals surface area contributed by atoms with E-state index in [0.29, 0.717) is 50.2 Å². The Bertz CT molecular complexity index is 987. The van der Waals surface area contributed by atoms with Crippen molar-refractivity contribution in [1.82, 2.24) is 15.6 Å². The Labute approximate surface area is 197 Å². The fourth-order valence-corrected chi connectivity index (χ4v) is 3.88. The molecule has 1 fully saturated rings. The molecule has 1 aromatic heterocycles. The number of halogens is 6. The smallest absolute Gasteiger partial charge is 0.349 e. The van der Waals surface area contributed by atoms with Gasteiger partial charge in [0.15, 0.2) is 0 Å². The number of hydrogen-bond acceptors (Lipinski definition) is 4. The van der Waals surface area contributed by atoms with Gasteiger partial charge in [0, 0.05) is 17.8 Å². The van der Waals surface area contributed by atoms with E-state index in [9.17, 15) is 35.9 Å². The fraction of sp³-hybridized carbons (Fsp3) is 0.435. The highest BCUT2D eigenvalue weighted by Crippen LogP contribution is 2.36. The predicted octanol–water partition coefficient (Wildman–Crippen LogP) is 4.64. The molecule has 0 aliphatic heterocycles. The molecule has 0 saturated heterocycles. The minimum atomic E-state index is -5.02. The summed E-state index contributed by atoms with van der Waals surface area (Å²) in [6.45, 7) is 0.642. The predicted molar refractivity (Wildman–Crippen MR) is 115 cm³/mol. The fourth-order valence-electron chi connectivity index (χ4n) is 3.88. The number of rotatable bonds is 7. The van der Waals surface area contributed by atoms with Gasteiger partial charge in [0.1, 0.15) is 5.82 Å². The molecule has 2 aromatic rings. The van der Waals surface area contributed by atoms with Crippen LogP contribution in [0, 0.1) is 5.92 Å². The van der Waals surface area contributed by atoms with Crippen molar-refractivity contribution in [2.24, 2.45) is 5.92 Å². The Morgan fingerprint density at radius 2 is 1.54 bits per heavy atom. The number of pyridine rings is 1. The Hall–Kier alpha value is -3.15. The second-order valence-electron chi connectivity index (χ2n) is 8.38. The van der Waals surface area contributed by atoms with Gasteiger partial charge < -0.3 is 16.0 Å². The van der Waals surface area contributed by atoms with Gasteiger partial charge in [-0.25, -0.2) is 4.98 Å². The zero-order valence-corrected chi connectivity index (χ0v) is 18.5. The van der Waals surface area contributed by atoms with Gasteiger partial charge in [-0.15, -0.1) is 0 Å².